The lowest BCUT2D eigenvalue weighted by Crippen LogP contribution is -2.27. The molecule has 0 spiro atoms. The molecule has 1 aliphatic heterocycles. The highest BCUT2D eigenvalue weighted by atomic mass is 16.5. The third-order valence-electron chi connectivity index (χ3n) is 2.66. The van der Waals surface area contributed by atoms with Crippen LogP contribution in [0, 0.1) is 0 Å². The number of imide groups is 1. The van der Waals surface area contributed by atoms with E-state index in [4.69, 9.17) is 4.74 Å². The van der Waals surface area contributed by atoms with Gasteiger partial charge in [-0.3, -0.25) is 19.7 Å². The summed E-state index contributed by atoms with van der Waals surface area (Å²) in [4.78, 5) is 34.6. The van der Waals surface area contributed by atoms with E-state index in [0.29, 0.717) is 11.3 Å². The maximum atomic E-state index is 11.7. The van der Waals surface area contributed by atoms with E-state index in [1.165, 1.54) is 12.1 Å². The minimum absolute atomic E-state index is 0.0777. The van der Waals surface area contributed by atoms with Gasteiger partial charge in [0.25, 0.3) is 11.8 Å². The second-order valence-corrected chi connectivity index (χ2v) is 5.49. The highest BCUT2D eigenvalue weighted by Gasteiger charge is 2.26. The van der Waals surface area contributed by atoms with Crippen LogP contribution in [0.3, 0.4) is 0 Å². The largest absolute Gasteiger partial charge is 0.366 e. The summed E-state index contributed by atoms with van der Waals surface area (Å²) >= 11 is 0. The Morgan fingerprint density at radius 1 is 1.20 bits per heavy atom. The second-order valence-electron chi connectivity index (χ2n) is 5.49. The third kappa shape index (κ3) is 3.21. The number of carbonyl (C=O) groups is 3. The van der Waals surface area contributed by atoms with Gasteiger partial charge in [0.15, 0.2) is 0 Å². The molecule has 20 heavy (non-hydrogen) atoms. The van der Waals surface area contributed by atoms with Crippen LogP contribution in [0.25, 0.3) is 0 Å². The lowest BCUT2D eigenvalue weighted by Gasteiger charge is -2.19. The summed E-state index contributed by atoms with van der Waals surface area (Å²) in [7, 11) is 0. The first kappa shape index (κ1) is 14.2. The van der Waals surface area contributed by atoms with Gasteiger partial charge in [-0.2, -0.15) is 0 Å². The molecule has 1 heterocycles. The first-order valence-corrected chi connectivity index (χ1v) is 6.20. The van der Waals surface area contributed by atoms with Crippen molar-refractivity contribution in [1.82, 2.24) is 5.32 Å². The molecule has 0 aliphatic carbocycles. The van der Waals surface area contributed by atoms with Crippen molar-refractivity contribution in [3.63, 3.8) is 0 Å². The Kier molecular flexibility index (Phi) is 3.59. The van der Waals surface area contributed by atoms with Crippen LogP contribution in [0.1, 0.15) is 41.5 Å². The van der Waals surface area contributed by atoms with E-state index in [1.807, 2.05) is 20.8 Å². The Bertz CT molecular complexity index is 587. The fraction of sp³-hybridized carbons (Fsp3) is 0.357. The number of carbonyl (C=O) groups excluding carboxylic acids is 3. The van der Waals surface area contributed by atoms with E-state index < -0.39 is 17.4 Å². The van der Waals surface area contributed by atoms with Crippen LogP contribution < -0.4 is 10.6 Å². The standard InChI is InChI=1S/C14H16N2O4/c1-14(2,3)20-7-11(17)15-8-4-5-9-10(6-8)13(19)16-12(9)18/h4-6H,7H2,1-3H3,(H,15,17)(H,16,18,19). The average Bonchev–Trinajstić information content (AvgIpc) is 2.62. The molecule has 1 aromatic carbocycles. The van der Waals surface area contributed by atoms with E-state index >= 15 is 0 Å². The van der Waals surface area contributed by atoms with Gasteiger partial charge in [0.1, 0.15) is 6.61 Å². The lowest BCUT2D eigenvalue weighted by molar-refractivity contribution is -0.125. The number of nitrogens with one attached hydrogen (secondary N) is 2. The molecule has 0 saturated carbocycles. The summed E-state index contributed by atoms with van der Waals surface area (Å²) in [6.45, 7) is 5.48. The molecule has 1 aliphatic rings. The summed E-state index contributed by atoms with van der Waals surface area (Å²) < 4.78 is 5.35. The molecule has 0 bridgehead atoms. The average molecular weight is 276 g/mol. The monoisotopic (exact) mass is 276 g/mol. The van der Waals surface area contributed by atoms with E-state index in [9.17, 15) is 14.4 Å². The Hall–Kier alpha value is -2.21. The van der Waals surface area contributed by atoms with Crippen LogP contribution in [0.4, 0.5) is 5.69 Å². The van der Waals surface area contributed by atoms with E-state index in [0.717, 1.165) is 0 Å². The molecule has 0 saturated heterocycles. The summed E-state index contributed by atoms with van der Waals surface area (Å²) in [6.07, 6.45) is 0. The number of hydrogen-bond donors (Lipinski definition) is 2. The molecule has 1 aromatic rings. The molecule has 106 valence electrons. The van der Waals surface area contributed by atoms with Gasteiger partial charge in [0, 0.05) is 5.69 Å². The normalized spacial score (nSPS) is 13.9. The number of rotatable bonds is 3. The van der Waals surface area contributed by atoms with Crippen molar-refractivity contribution in [2.75, 3.05) is 11.9 Å². The molecule has 0 radical (unpaired) electrons. The zero-order chi connectivity index (χ0) is 14.9. The van der Waals surface area contributed by atoms with Gasteiger partial charge in [-0.15, -0.1) is 0 Å². The molecule has 6 nitrogen and oxygen atoms in total. The predicted molar refractivity (Wildman–Crippen MR) is 72.6 cm³/mol. The minimum atomic E-state index is -0.452. The van der Waals surface area contributed by atoms with Gasteiger partial charge in [-0.25, -0.2) is 0 Å². The SMILES string of the molecule is CC(C)(C)OCC(=O)Nc1ccc2c(c1)C(=O)NC2=O. The van der Waals surface area contributed by atoms with Crippen LogP contribution in [0.2, 0.25) is 0 Å². The van der Waals surface area contributed by atoms with Crippen LogP contribution in [0.5, 0.6) is 0 Å². The topological polar surface area (TPSA) is 84.5 Å². The molecule has 0 atom stereocenters. The third-order valence-corrected chi connectivity index (χ3v) is 2.66. The van der Waals surface area contributed by atoms with Crippen molar-refractivity contribution in [3.05, 3.63) is 29.3 Å². The van der Waals surface area contributed by atoms with Gasteiger partial charge in [0.2, 0.25) is 5.91 Å². The van der Waals surface area contributed by atoms with Gasteiger partial charge in [0.05, 0.1) is 16.7 Å². The number of fused-ring (bicyclic) bond motifs is 1. The highest BCUT2D eigenvalue weighted by Crippen LogP contribution is 2.20. The number of benzene rings is 1. The fourth-order valence-electron chi connectivity index (χ4n) is 1.72. The Labute approximate surface area is 116 Å². The molecule has 6 heteroatoms. The first-order chi connectivity index (χ1) is 9.26. The van der Waals surface area contributed by atoms with Crippen LogP contribution in [0.15, 0.2) is 18.2 Å². The molecule has 2 rings (SSSR count). The van der Waals surface area contributed by atoms with E-state index in [2.05, 4.69) is 10.6 Å². The van der Waals surface area contributed by atoms with E-state index in [1.54, 1.807) is 6.07 Å². The molecule has 2 N–H and O–H groups in total. The molecule has 0 aromatic heterocycles. The van der Waals surface area contributed by atoms with Crippen LogP contribution >= 0.6 is 0 Å². The van der Waals surface area contributed by atoms with Crippen molar-refractivity contribution in [1.29, 1.82) is 0 Å². The molecule has 0 unspecified atom stereocenters. The lowest BCUT2D eigenvalue weighted by atomic mass is 10.1. The Morgan fingerprint density at radius 2 is 1.85 bits per heavy atom. The number of hydrogen-bond acceptors (Lipinski definition) is 4. The summed E-state index contributed by atoms with van der Waals surface area (Å²) in [5.74, 6) is -1.18. The maximum Gasteiger partial charge on any atom is 0.259 e. The quantitative estimate of drug-likeness (QED) is 0.815. The molecule has 0 fully saturated rings. The second kappa shape index (κ2) is 5.05. The van der Waals surface area contributed by atoms with Gasteiger partial charge >= 0.3 is 0 Å². The van der Waals surface area contributed by atoms with Crippen molar-refractivity contribution < 1.29 is 19.1 Å². The summed E-state index contributed by atoms with van der Waals surface area (Å²) in [5.41, 5.74) is 0.640. The molecular weight excluding hydrogens is 260 g/mol. The van der Waals surface area contributed by atoms with Crippen LogP contribution in [-0.2, 0) is 9.53 Å². The van der Waals surface area contributed by atoms with Gasteiger partial charge in [-0.05, 0) is 39.0 Å². The Balaban J connectivity index is 2.05. The van der Waals surface area contributed by atoms with E-state index in [-0.39, 0.29) is 18.1 Å². The minimum Gasteiger partial charge on any atom is -0.366 e. The van der Waals surface area contributed by atoms with Crippen LogP contribution in [-0.4, -0.2) is 29.9 Å². The van der Waals surface area contributed by atoms with Gasteiger partial charge < -0.3 is 10.1 Å². The first-order valence-electron chi connectivity index (χ1n) is 6.20. The zero-order valence-electron chi connectivity index (χ0n) is 11.6. The number of amides is 3. The molecule has 3 amide bonds. The van der Waals surface area contributed by atoms with Crippen molar-refractivity contribution in [3.8, 4) is 0 Å². The Morgan fingerprint density at radius 3 is 2.50 bits per heavy atom. The maximum absolute atomic E-state index is 11.7. The van der Waals surface area contributed by atoms with Crippen molar-refractivity contribution >= 4 is 23.4 Å². The van der Waals surface area contributed by atoms with Crippen molar-refractivity contribution in [2.45, 2.75) is 26.4 Å². The summed E-state index contributed by atoms with van der Waals surface area (Å²) in [5, 5.41) is 4.82. The molecular formula is C14H16N2O4. The predicted octanol–water partition coefficient (Wildman–Crippen LogP) is 1.32. The van der Waals surface area contributed by atoms with Gasteiger partial charge in [-0.1, -0.05) is 0 Å². The smallest absolute Gasteiger partial charge is 0.259 e. The zero-order valence-corrected chi connectivity index (χ0v) is 11.6. The number of ether oxygens (including phenoxy) is 1. The summed E-state index contributed by atoms with van der Waals surface area (Å²) in [6, 6.07) is 4.56. The highest BCUT2D eigenvalue weighted by molar-refractivity contribution is 6.22. The number of anilines is 1. The fourth-order valence-corrected chi connectivity index (χ4v) is 1.72. The van der Waals surface area contributed by atoms with Crippen molar-refractivity contribution in [2.24, 2.45) is 0 Å².